The number of nitrogens with zero attached hydrogens (tertiary/aromatic N) is 1. The Kier molecular flexibility index (Phi) is 14.2. The van der Waals surface area contributed by atoms with Gasteiger partial charge in [0.15, 0.2) is 0 Å². The highest BCUT2D eigenvalue weighted by Gasteiger charge is 2.47. The molecule has 4 N–H and O–H groups in total. The minimum atomic E-state index is -5.62. The SMILES string of the molecule is COc1ccc([C@H](NC(=O)[C@H](CCCCN)N(OC(=O)C(F)(F)F)C(=O)c2cccc(Cl)c2)C(=O)N[C@H](C(=O)C(F)(F)F)C(C)C)cc1. The molecule has 48 heavy (non-hydrogen) atoms. The van der Waals surface area contributed by atoms with Crippen LogP contribution in [0.15, 0.2) is 48.5 Å². The summed E-state index contributed by atoms with van der Waals surface area (Å²) in [6.07, 6.45) is -11.2. The molecular formula is C30H33ClF6N4O7. The van der Waals surface area contributed by atoms with E-state index in [9.17, 15) is 50.3 Å². The van der Waals surface area contributed by atoms with Crippen LogP contribution in [0.4, 0.5) is 26.3 Å². The number of ether oxygens (including phenoxy) is 1. The second-order valence-corrected chi connectivity index (χ2v) is 11.1. The van der Waals surface area contributed by atoms with Crippen molar-refractivity contribution in [3.63, 3.8) is 0 Å². The predicted octanol–water partition coefficient (Wildman–Crippen LogP) is 4.44. The smallest absolute Gasteiger partial charge is 0.493 e. The number of hydrogen-bond donors (Lipinski definition) is 3. The van der Waals surface area contributed by atoms with Crippen molar-refractivity contribution in [1.82, 2.24) is 15.7 Å². The first-order valence-corrected chi connectivity index (χ1v) is 14.6. The topological polar surface area (TPSA) is 157 Å². The number of rotatable bonds is 14. The number of ketones is 1. The zero-order valence-corrected chi connectivity index (χ0v) is 26.5. The Bertz CT molecular complexity index is 1450. The molecule has 0 saturated heterocycles. The Labute approximate surface area is 276 Å². The molecule has 3 atom stereocenters. The van der Waals surface area contributed by atoms with E-state index in [1.807, 2.05) is 5.32 Å². The Hall–Kier alpha value is -4.38. The third-order valence-electron chi connectivity index (χ3n) is 6.73. The molecule has 2 aromatic carbocycles. The van der Waals surface area contributed by atoms with Gasteiger partial charge in [-0.15, -0.1) is 0 Å². The number of carbonyl (C=O) groups excluding carboxylic acids is 5. The summed E-state index contributed by atoms with van der Waals surface area (Å²) in [5.74, 6) is -10.0. The van der Waals surface area contributed by atoms with E-state index < -0.39 is 72.3 Å². The molecule has 2 aromatic rings. The Morgan fingerprint density at radius 3 is 2.02 bits per heavy atom. The maximum atomic E-state index is 13.9. The van der Waals surface area contributed by atoms with E-state index in [1.54, 1.807) is 0 Å². The van der Waals surface area contributed by atoms with Gasteiger partial charge in [0, 0.05) is 10.6 Å². The molecule has 0 heterocycles. The number of hydrogen-bond acceptors (Lipinski definition) is 8. The standard InChI is InChI=1S/C30H33ClF6N4O7/c1-16(2)22(24(42)29(32,33)34)39-26(44)23(17-10-12-20(47-3)13-11-17)40-25(43)21(9-4-5-14-38)41(48-28(46)30(35,36)37)27(45)18-7-6-8-19(31)15-18/h6-8,10-13,15-16,21-23H,4-5,9,14,38H2,1-3H3,(H,39,44)(H,40,43)/t21-,22-,23-/m0/s1. The number of benzene rings is 2. The first kappa shape index (κ1) is 39.8. The molecule has 3 amide bonds. The second-order valence-electron chi connectivity index (χ2n) is 10.6. The van der Waals surface area contributed by atoms with E-state index in [0.29, 0.717) is 0 Å². The normalized spacial score (nSPS) is 13.6. The monoisotopic (exact) mass is 710 g/mol. The largest absolute Gasteiger partial charge is 0.497 e. The lowest BCUT2D eigenvalue weighted by molar-refractivity contribution is -0.234. The minimum absolute atomic E-state index is 0.00755. The number of hydroxylamine groups is 2. The van der Waals surface area contributed by atoms with Crippen LogP contribution < -0.4 is 21.1 Å². The van der Waals surface area contributed by atoms with Crippen LogP contribution in [-0.2, 0) is 24.0 Å². The van der Waals surface area contributed by atoms with Gasteiger partial charge in [-0.3, -0.25) is 19.2 Å². The van der Waals surface area contributed by atoms with Gasteiger partial charge in [-0.05, 0) is 67.6 Å². The summed E-state index contributed by atoms with van der Waals surface area (Å²) in [4.78, 5) is 69.3. The third kappa shape index (κ3) is 11.1. The minimum Gasteiger partial charge on any atom is -0.497 e. The molecule has 0 aliphatic rings. The molecule has 0 aromatic heterocycles. The molecule has 264 valence electrons. The quantitative estimate of drug-likeness (QED) is 0.148. The average Bonchev–Trinajstić information content (AvgIpc) is 3.01. The first-order valence-electron chi connectivity index (χ1n) is 14.3. The van der Waals surface area contributed by atoms with Crippen molar-refractivity contribution in [3.05, 3.63) is 64.7 Å². The van der Waals surface area contributed by atoms with Crippen LogP contribution >= 0.6 is 11.6 Å². The van der Waals surface area contributed by atoms with Crippen LogP contribution in [0, 0.1) is 5.92 Å². The van der Waals surface area contributed by atoms with Gasteiger partial charge in [0.2, 0.25) is 11.8 Å². The van der Waals surface area contributed by atoms with Crippen molar-refractivity contribution >= 4 is 41.1 Å². The van der Waals surface area contributed by atoms with Gasteiger partial charge in [-0.2, -0.15) is 31.4 Å². The van der Waals surface area contributed by atoms with Gasteiger partial charge >= 0.3 is 18.3 Å². The van der Waals surface area contributed by atoms with Crippen LogP contribution in [0.1, 0.15) is 55.1 Å². The van der Waals surface area contributed by atoms with Crippen molar-refractivity contribution in [1.29, 1.82) is 0 Å². The first-order chi connectivity index (χ1) is 22.3. The molecule has 2 rings (SSSR count). The number of halogens is 7. The highest BCUT2D eigenvalue weighted by Crippen LogP contribution is 2.26. The van der Waals surface area contributed by atoms with Gasteiger partial charge in [0.05, 0.1) is 13.2 Å². The molecular weight excluding hydrogens is 678 g/mol. The molecule has 0 aliphatic heterocycles. The van der Waals surface area contributed by atoms with Crippen LogP contribution in [-0.4, -0.2) is 72.6 Å². The summed E-state index contributed by atoms with van der Waals surface area (Å²) in [5, 5.41) is 4.06. The molecule has 0 spiro atoms. The number of Topliss-reactive ketones (excluding diaryl/α,β-unsaturated/α-hetero) is 1. The fourth-order valence-corrected chi connectivity index (χ4v) is 4.45. The highest BCUT2D eigenvalue weighted by atomic mass is 35.5. The Morgan fingerprint density at radius 1 is 0.896 bits per heavy atom. The van der Waals surface area contributed by atoms with E-state index >= 15 is 0 Å². The summed E-state index contributed by atoms with van der Waals surface area (Å²) in [5.41, 5.74) is 5.07. The van der Waals surface area contributed by atoms with Crippen LogP contribution in [0.25, 0.3) is 0 Å². The van der Waals surface area contributed by atoms with Crippen molar-refractivity contribution in [2.45, 2.75) is 63.6 Å². The van der Waals surface area contributed by atoms with Crippen molar-refractivity contribution in [3.8, 4) is 5.75 Å². The number of nitrogens with two attached hydrogens (primary N) is 1. The number of amides is 3. The fraction of sp³-hybridized carbons (Fsp3) is 0.433. The van der Waals surface area contributed by atoms with Crippen molar-refractivity contribution in [2.75, 3.05) is 13.7 Å². The number of carbonyl (C=O) groups is 5. The molecule has 11 nitrogen and oxygen atoms in total. The van der Waals surface area contributed by atoms with Crippen LogP contribution in [0.3, 0.4) is 0 Å². The number of methoxy groups -OCH3 is 1. The highest BCUT2D eigenvalue weighted by molar-refractivity contribution is 6.31. The maximum Gasteiger partial charge on any atom is 0.493 e. The molecule has 0 fully saturated rings. The van der Waals surface area contributed by atoms with E-state index in [4.69, 9.17) is 22.1 Å². The molecule has 18 heteroatoms. The number of alkyl halides is 6. The average molecular weight is 711 g/mol. The third-order valence-corrected chi connectivity index (χ3v) is 6.96. The van der Waals surface area contributed by atoms with Gasteiger partial charge in [-0.25, -0.2) is 4.79 Å². The summed E-state index contributed by atoms with van der Waals surface area (Å²) in [7, 11) is 1.32. The van der Waals surface area contributed by atoms with Gasteiger partial charge in [0.1, 0.15) is 17.8 Å². The Balaban J connectivity index is 2.64. The van der Waals surface area contributed by atoms with E-state index in [0.717, 1.165) is 12.1 Å². The van der Waals surface area contributed by atoms with E-state index in [2.05, 4.69) is 10.2 Å². The van der Waals surface area contributed by atoms with E-state index in [1.165, 1.54) is 57.4 Å². The zero-order valence-electron chi connectivity index (χ0n) is 25.8. The van der Waals surface area contributed by atoms with Gasteiger partial charge in [0.25, 0.3) is 11.7 Å². The van der Waals surface area contributed by atoms with Crippen molar-refractivity contribution < 1.29 is 59.9 Å². The zero-order chi connectivity index (χ0) is 36.4. The van der Waals surface area contributed by atoms with E-state index in [-0.39, 0.29) is 46.3 Å². The van der Waals surface area contributed by atoms with Gasteiger partial charge < -0.3 is 25.9 Å². The van der Waals surface area contributed by atoms with Crippen LogP contribution in [0.5, 0.6) is 5.75 Å². The second kappa shape index (κ2) is 17.1. The Morgan fingerprint density at radius 2 is 1.52 bits per heavy atom. The summed E-state index contributed by atoms with van der Waals surface area (Å²) >= 11 is 5.92. The predicted molar refractivity (Wildman–Crippen MR) is 158 cm³/mol. The number of nitrogens with one attached hydrogen (secondary N) is 2. The summed E-state index contributed by atoms with van der Waals surface area (Å²) < 4.78 is 85.0. The lowest BCUT2D eigenvalue weighted by Crippen LogP contribution is -2.56. The molecule has 0 bridgehead atoms. The maximum absolute atomic E-state index is 13.9. The van der Waals surface area contributed by atoms with Gasteiger partial charge in [-0.1, -0.05) is 43.6 Å². The summed E-state index contributed by atoms with van der Waals surface area (Å²) in [6, 6.07) is 3.90. The molecule has 0 aliphatic carbocycles. The van der Waals surface area contributed by atoms with Crippen LogP contribution in [0.2, 0.25) is 5.02 Å². The lowest BCUT2D eigenvalue weighted by atomic mass is 9.97. The fourth-order valence-electron chi connectivity index (χ4n) is 4.26. The molecule has 0 radical (unpaired) electrons. The number of unbranched alkanes of at least 4 members (excludes halogenated alkanes) is 1. The summed E-state index contributed by atoms with van der Waals surface area (Å²) in [6.45, 7) is 2.52. The molecule has 0 saturated carbocycles. The lowest BCUT2D eigenvalue weighted by Gasteiger charge is -2.31. The molecule has 0 unspecified atom stereocenters. The van der Waals surface area contributed by atoms with Crippen molar-refractivity contribution in [2.24, 2.45) is 11.7 Å².